The van der Waals surface area contributed by atoms with Crippen LogP contribution < -0.4 is 0 Å². The minimum absolute atomic E-state index is 0.282. The first-order valence-corrected chi connectivity index (χ1v) is 6.70. The van der Waals surface area contributed by atoms with Crippen LogP contribution in [0.3, 0.4) is 0 Å². The van der Waals surface area contributed by atoms with Crippen LogP contribution in [-0.4, -0.2) is 55.7 Å². The summed E-state index contributed by atoms with van der Waals surface area (Å²) in [6, 6.07) is 0. The topological polar surface area (TPSA) is 6.48 Å². The van der Waals surface area contributed by atoms with E-state index in [2.05, 4.69) is 16.7 Å². The first-order chi connectivity index (χ1) is 7.65. The normalized spacial score (nSPS) is 35.4. The zero-order chi connectivity index (χ0) is 11.5. The van der Waals surface area contributed by atoms with Crippen LogP contribution in [0.5, 0.6) is 0 Å². The van der Waals surface area contributed by atoms with Crippen LogP contribution in [0.15, 0.2) is 0 Å². The summed E-state index contributed by atoms with van der Waals surface area (Å²) < 4.78 is 13.9. The molecule has 3 heteroatoms. The zero-order valence-electron chi connectivity index (χ0n) is 10.7. The summed E-state index contributed by atoms with van der Waals surface area (Å²) in [6.07, 6.45) is 3.01. The Kier molecular flexibility index (Phi) is 4.20. The lowest BCUT2D eigenvalue weighted by Crippen LogP contribution is -2.45. The van der Waals surface area contributed by atoms with Crippen molar-refractivity contribution in [2.45, 2.75) is 32.4 Å². The second kappa shape index (κ2) is 5.46. The van der Waals surface area contributed by atoms with E-state index in [4.69, 9.17) is 0 Å². The van der Waals surface area contributed by atoms with Crippen LogP contribution >= 0.6 is 0 Å². The second-order valence-electron chi connectivity index (χ2n) is 5.81. The standard InChI is InChI=1S/C13H25FN2/c1-11-3-7-16(8-4-11)9-12-5-6-15(2)10-13(12)14/h11-13H,3-10H2,1-2H3/t12-,13-/m0/s1. The highest BCUT2D eigenvalue weighted by atomic mass is 19.1. The van der Waals surface area contributed by atoms with Gasteiger partial charge in [0.05, 0.1) is 0 Å². The van der Waals surface area contributed by atoms with Gasteiger partial charge in [-0.15, -0.1) is 0 Å². The van der Waals surface area contributed by atoms with Crippen LogP contribution in [0.25, 0.3) is 0 Å². The summed E-state index contributed by atoms with van der Waals surface area (Å²) in [7, 11) is 2.02. The Morgan fingerprint density at radius 2 is 1.81 bits per heavy atom. The van der Waals surface area contributed by atoms with Gasteiger partial charge >= 0.3 is 0 Å². The average Bonchev–Trinajstić information content (AvgIpc) is 2.25. The molecule has 0 spiro atoms. The average molecular weight is 228 g/mol. The van der Waals surface area contributed by atoms with E-state index in [9.17, 15) is 4.39 Å². The van der Waals surface area contributed by atoms with Gasteiger partial charge in [-0.3, -0.25) is 0 Å². The van der Waals surface area contributed by atoms with Crippen molar-refractivity contribution in [3.05, 3.63) is 0 Å². The molecule has 2 aliphatic rings. The van der Waals surface area contributed by atoms with E-state index in [0.717, 1.165) is 25.4 Å². The van der Waals surface area contributed by atoms with E-state index in [1.54, 1.807) is 0 Å². The SMILES string of the molecule is CC1CCN(C[C@@H]2CCN(C)C[C@@H]2F)CC1. The van der Waals surface area contributed by atoms with Crippen molar-refractivity contribution in [1.29, 1.82) is 0 Å². The van der Waals surface area contributed by atoms with E-state index < -0.39 is 6.17 Å². The maximum Gasteiger partial charge on any atom is 0.117 e. The molecule has 0 amide bonds. The predicted octanol–water partition coefficient (Wildman–Crippen LogP) is 2.01. The van der Waals surface area contributed by atoms with Gasteiger partial charge < -0.3 is 9.80 Å². The van der Waals surface area contributed by atoms with E-state index in [-0.39, 0.29) is 5.92 Å². The molecule has 2 nitrogen and oxygen atoms in total. The third-order valence-electron chi connectivity index (χ3n) is 4.25. The van der Waals surface area contributed by atoms with Crippen molar-refractivity contribution >= 4 is 0 Å². The third kappa shape index (κ3) is 3.17. The van der Waals surface area contributed by atoms with Crippen molar-refractivity contribution in [3.63, 3.8) is 0 Å². The lowest BCUT2D eigenvalue weighted by atomic mass is 9.92. The molecule has 16 heavy (non-hydrogen) atoms. The molecule has 0 aromatic carbocycles. The fourth-order valence-electron chi connectivity index (χ4n) is 2.89. The number of nitrogens with zero attached hydrogens (tertiary/aromatic N) is 2. The summed E-state index contributed by atoms with van der Waals surface area (Å²) in [4.78, 5) is 4.59. The van der Waals surface area contributed by atoms with Crippen molar-refractivity contribution < 1.29 is 4.39 Å². The molecular weight excluding hydrogens is 203 g/mol. The summed E-state index contributed by atoms with van der Waals surface area (Å²) in [5.41, 5.74) is 0. The molecule has 2 fully saturated rings. The van der Waals surface area contributed by atoms with Crippen molar-refractivity contribution in [1.82, 2.24) is 9.80 Å². The minimum Gasteiger partial charge on any atom is -0.303 e. The fourth-order valence-corrected chi connectivity index (χ4v) is 2.89. The molecule has 0 unspecified atom stereocenters. The van der Waals surface area contributed by atoms with Gasteiger partial charge in [0.25, 0.3) is 0 Å². The number of alkyl halides is 1. The van der Waals surface area contributed by atoms with Crippen LogP contribution in [0.1, 0.15) is 26.2 Å². The molecule has 0 aromatic heterocycles. The van der Waals surface area contributed by atoms with Crippen LogP contribution in [0, 0.1) is 11.8 Å². The van der Waals surface area contributed by atoms with E-state index in [1.807, 2.05) is 7.05 Å². The van der Waals surface area contributed by atoms with Gasteiger partial charge in [-0.1, -0.05) is 6.92 Å². The number of likely N-dealkylation sites (tertiary alicyclic amines) is 2. The molecule has 0 N–H and O–H groups in total. The molecular formula is C13H25FN2. The number of halogens is 1. The van der Waals surface area contributed by atoms with Crippen molar-refractivity contribution in [2.75, 3.05) is 39.8 Å². The highest BCUT2D eigenvalue weighted by Gasteiger charge is 2.29. The van der Waals surface area contributed by atoms with Gasteiger partial charge in [-0.25, -0.2) is 4.39 Å². The summed E-state index contributed by atoms with van der Waals surface area (Å²) in [6.45, 7) is 7.37. The smallest absolute Gasteiger partial charge is 0.117 e. The maximum atomic E-state index is 13.9. The monoisotopic (exact) mass is 228 g/mol. The maximum absolute atomic E-state index is 13.9. The van der Waals surface area contributed by atoms with Crippen LogP contribution in [0.4, 0.5) is 4.39 Å². The molecule has 94 valence electrons. The fraction of sp³-hybridized carbons (Fsp3) is 1.00. The van der Waals surface area contributed by atoms with Crippen LogP contribution in [0.2, 0.25) is 0 Å². The van der Waals surface area contributed by atoms with Gasteiger partial charge in [-0.2, -0.15) is 0 Å². The Hall–Kier alpha value is -0.150. The molecule has 2 rings (SSSR count). The molecule has 0 aliphatic carbocycles. The zero-order valence-corrected chi connectivity index (χ0v) is 10.7. The number of hydrogen-bond donors (Lipinski definition) is 0. The molecule has 0 radical (unpaired) electrons. The first-order valence-electron chi connectivity index (χ1n) is 6.70. The summed E-state index contributed by atoms with van der Waals surface area (Å²) >= 11 is 0. The molecule has 2 atom stereocenters. The molecule has 0 saturated carbocycles. The van der Waals surface area contributed by atoms with Crippen molar-refractivity contribution in [2.24, 2.45) is 11.8 Å². The molecule has 2 saturated heterocycles. The van der Waals surface area contributed by atoms with Gasteiger partial charge in [0.1, 0.15) is 6.17 Å². The number of hydrogen-bond acceptors (Lipinski definition) is 2. The second-order valence-corrected chi connectivity index (χ2v) is 5.81. The predicted molar refractivity (Wildman–Crippen MR) is 65.3 cm³/mol. The lowest BCUT2D eigenvalue weighted by Gasteiger charge is -2.37. The minimum atomic E-state index is -0.613. The highest BCUT2D eigenvalue weighted by Crippen LogP contribution is 2.23. The summed E-state index contributed by atoms with van der Waals surface area (Å²) in [5, 5.41) is 0. The van der Waals surface area contributed by atoms with Gasteiger partial charge in [0.2, 0.25) is 0 Å². The Labute approximate surface area is 98.8 Å². The first kappa shape index (κ1) is 12.3. The van der Waals surface area contributed by atoms with E-state index in [1.165, 1.54) is 25.9 Å². The highest BCUT2D eigenvalue weighted by molar-refractivity contribution is 4.82. The lowest BCUT2D eigenvalue weighted by molar-refractivity contribution is 0.0634. The van der Waals surface area contributed by atoms with Crippen LogP contribution in [-0.2, 0) is 0 Å². The van der Waals surface area contributed by atoms with E-state index in [0.29, 0.717) is 6.54 Å². The third-order valence-corrected chi connectivity index (χ3v) is 4.25. The Morgan fingerprint density at radius 1 is 1.12 bits per heavy atom. The Balaban J connectivity index is 1.76. The van der Waals surface area contributed by atoms with Gasteiger partial charge in [0.15, 0.2) is 0 Å². The number of rotatable bonds is 2. The van der Waals surface area contributed by atoms with Crippen molar-refractivity contribution in [3.8, 4) is 0 Å². The Morgan fingerprint density at radius 3 is 2.44 bits per heavy atom. The molecule has 2 aliphatic heterocycles. The largest absolute Gasteiger partial charge is 0.303 e. The van der Waals surface area contributed by atoms with E-state index >= 15 is 0 Å². The molecule has 0 bridgehead atoms. The molecule has 2 heterocycles. The quantitative estimate of drug-likeness (QED) is 0.713. The van der Waals surface area contributed by atoms with Gasteiger partial charge in [0, 0.05) is 19.0 Å². The number of piperidine rings is 2. The van der Waals surface area contributed by atoms with Gasteiger partial charge in [-0.05, 0) is 51.9 Å². The summed E-state index contributed by atoms with van der Waals surface area (Å²) in [5.74, 6) is 1.15. The molecule has 0 aromatic rings. The Bertz CT molecular complexity index is 214.